The van der Waals surface area contributed by atoms with E-state index in [0.29, 0.717) is 17.8 Å². The maximum Gasteiger partial charge on any atom is 0.321 e. The highest BCUT2D eigenvalue weighted by atomic mass is 16.5. The van der Waals surface area contributed by atoms with Gasteiger partial charge in [-0.1, -0.05) is 24.3 Å². The molecule has 2 heterocycles. The smallest absolute Gasteiger partial charge is 0.321 e. The first-order valence-electron chi connectivity index (χ1n) is 10.8. The molecular formula is C24H30N4O3. The third kappa shape index (κ3) is 4.99. The quantitative estimate of drug-likeness (QED) is 0.776. The molecule has 2 aliphatic heterocycles. The molecule has 2 aromatic carbocycles. The van der Waals surface area contributed by atoms with Crippen LogP contribution in [0, 0.1) is 0 Å². The minimum absolute atomic E-state index is 0.0749. The average Bonchev–Trinajstić information content (AvgIpc) is 3.30. The van der Waals surface area contributed by atoms with Crippen LogP contribution < -0.4 is 15.5 Å². The minimum atomic E-state index is -0.231. The highest BCUT2D eigenvalue weighted by molar-refractivity contribution is 6.02. The zero-order valence-electron chi connectivity index (χ0n) is 18.2. The molecule has 2 aliphatic rings. The molecule has 1 saturated heterocycles. The molecular weight excluding hydrogens is 392 g/mol. The molecule has 0 aliphatic carbocycles. The molecule has 164 valence electrons. The summed E-state index contributed by atoms with van der Waals surface area (Å²) in [5.74, 6) is -0.148. The van der Waals surface area contributed by atoms with Gasteiger partial charge in [-0.3, -0.25) is 4.79 Å². The predicted octanol–water partition coefficient (Wildman–Crippen LogP) is 3.25. The monoisotopic (exact) mass is 422 g/mol. The van der Waals surface area contributed by atoms with Crippen molar-refractivity contribution in [3.63, 3.8) is 0 Å². The third-order valence-electron chi connectivity index (χ3n) is 5.88. The summed E-state index contributed by atoms with van der Waals surface area (Å²) >= 11 is 0. The van der Waals surface area contributed by atoms with Gasteiger partial charge in [-0.15, -0.1) is 0 Å². The van der Waals surface area contributed by atoms with Crippen molar-refractivity contribution in [2.24, 2.45) is 0 Å². The number of hydrogen-bond acceptors (Lipinski definition) is 4. The molecule has 3 amide bonds. The van der Waals surface area contributed by atoms with Gasteiger partial charge in [-0.05, 0) is 48.6 Å². The highest BCUT2D eigenvalue weighted by Crippen LogP contribution is 2.29. The first-order valence-corrected chi connectivity index (χ1v) is 10.8. The van der Waals surface area contributed by atoms with Crippen molar-refractivity contribution in [3.8, 4) is 0 Å². The van der Waals surface area contributed by atoms with Crippen molar-refractivity contribution in [2.75, 3.05) is 44.0 Å². The Hall–Kier alpha value is -3.06. The maximum absolute atomic E-state index is 13.2. The SMILES string of the molecule is CN(C)C(=O)Nc1ccc(N2CCc3ccccc3C2)c(C(=O)NCC2CCCO2)c1. The fourth-order valence-corrected chi connectivity index (χ4v) is 4.12. The van der Waals surface area contributed by atoms with E-state index in [9.17, 15) is 9.59 Å². The van der Waals surface area contributed by atoms with Crippen LogP contribution in [0.1, 0.15) is 34.3 Å². The first kappa shape index (κ1) is 21.2. The van der Waals surface area contributed by atoms with Crippen LogP contribution in [-0.4, -0.2) is 56.7 Å². The van der Waals surface area contributed by atoms with E-state index in [1.807, 2.05) is 12.1 Å². The lowest BCUT2D eigenvalue weighted by Gasteiger charge is -2.32. The topological polar surface area (TPSA) is 73.9 Å². The number of amides is 3. The van der Waals surface area contributed by atoms with Gasteiger partial charge in [0.15, 0.2) is 0 Å². The largest absolute Gasteiger partial charge is 0.376 e. The number of hydrogen-bond donors (Lipinski definition) is 2. The summed E-state index contributed by atoms with van der Waals surface area (Å²) in [4.78, 5) is 29.0. The van der Waals surface area contributed by atoms with Crippen LogP contribution in [0.5, 0.6) is 0 Å². The molecule has 0 bridgehead atoms. The Bertz CT molecular complexity index is 954. The Balaban J connectivity index is 1.58. The highest BCUT2D eigenvalue weighted by Gasteiger charge is 2.23. The molecule has 4 rings (SSSR count). The standard InChI is InChI=1S/C24H30N4O3/c1-27(2)24(30)26-19-9-10-22(28-12-11-17-6-3-4-7-18(17)16-28)21(14-19)23(29)25-15-20-8-5-13-31-20/h3-4,6-7,9-10,14,20H,5,8,11-13,15-16H2,1-2H3,(H,25,29)(H,26,30). The van der Waals surface area contributed by atoms with Crippen LogP contribution >= 0.6 is 0 Å². The average molecular weight is 423 g/mol. The maximum atomic E-state index is 13.2. The van der Waals surface area contributed by atoms with Crippen molar-refractivity contribution in [1.82, 2.24) is 10.2 Å². The van der Waals surface area contributed by atoms with Gasteiger partial charge in [0, 0.05) is 51.7 Å². The number of nitrogens with one attached hydrogen (secondary N) is 2. The number of benzene rings is 2. The molecule has 1 fully saturated rings. The number of nitrogens with zero attached hydrogens (tertiary/aromatic N) is 2. The lowest BCUT2D eigenvalue weighted by Crippen LogP contribution is -2.35. The van der Waals surface area contributed by atoms with Crippen LogP contribution in [0.15, 0.2) is 42.5 Å². The number of fused-ring (bicyclic) bond motifs is 1. The number of carbonyl (C=O) groups is 2. The molecule has 7 nitrogen and oxygen atoms in total. The van der Waals surface area contributed by atoms with Crippen molar-refractivity contribution < 1.29 is 14.3 Å². The van der Waals surface area contributed by atoms with Crippen molar-refractivity contribution in [2.45, 2.75) is 31.9 Å². The van der Waals surface area contributed by atoms with Crippen LogP contribution in [0.4, 0.5) is 16.2 Å². The molecule has 1 unspecified atom stereocenters. The van der Waals surface area contributed by atoms with E-state index in [1.165, 1.54) is 16.0 Å². The summed E-state index contributed by atoms with van der Waals surface area (Å²) < 4.78 is 5.64. The summed E-state index contributed by atoms with van der Waals surface area (Å²) in [6.07, 6.45) is 3.01. The lowest BCUT2D eigenvalue weighted by molar-refractivity contribution is 0.0858. The van der Waals surface area contributed by atoms with E-state index >= 15 is 0 Å². The molecule has 2 N–H and O–H groups in total. The number of anilines is 2. The Morgan fingerprint density at radius 3 is 2.71 bits per heavy atom. The molecule has 7 heteroatoms. The van der Waals surface area contributed by atoms with E-state index in [-0.39, 0.29) is 18.0 Å². The Morgan fingerprint density at radius 2 is 1.97 bits per heavy atom. The molecule has 2 aromatic rings. The summed E-state index contributed by atoms with van der Waals surface area (Å²) in [5.41, 5.74) is 4.68. The fourth-order valence-electron chi connectivity index (χ4n) is 4.12. The Kier molecular flexibility index (Phi) is 6.42. The van der Waals surface area contributed by atoms with E-state index < -0.39 is 0 Å². The van der Waals surface area contributed by atoms with Crippen LogP contribution in [0.3, 0.4) is 0 Å². The Morgan fingerprint density at radius 1 is 1.16 bits per heavy atom. The van der Waals surface area contributed by atoms with E-state index in [0.717, 1.165) is 44.6 Å². The summed E-state index contributed by atoms with van der Waals surface area (Å²) in [7, 11) is 3.37. The molecule has 0 spiro atoms. The predicted molar refractivity (Wildman–Crippen MR) is 122 cm³/mol. The zero-order valence-corrected chi connectivity index (χ0v) is 18.2. The number of ether oxygens (including phenoxy) is 1. The van der Waals surface area contributed by atoms with E-state index in [1.54, 1.807) is 20.2 Å². The summed E-state index contributed by atoms with van der Waals surface area (Å²) in [6, 6.07) is 13.8. The number of rotatable bonds is 5. The van der Waals surface area contributed by atoms with E-state index in [4.69, 9.17) is 4.74 Å². The summed E-state index contributed by atoms with van der Waals surface area (Å²) in [6.45, 7) is 2.85. The van der Waals surface area contributed by atoms with Crippen molar-refractivity contribution in [1.29, 1.82) is 0 Å². The van der Waals surface area contributed by atoms with Crippen molar-refractivity contribution in [3.05, 3.63) is 59.2 Å². The van der Waals surface area contributed by atoms with Gasteiger partial charge in [0.1, 0.15) is 0 Å². The molecule has 0 aromatic heterocycles. The number of carbonyl (C=O) groups excluding carboxylic acids is 2. The van der Waals surface area contributed by atoms with Gasteiger partial charge in [0.05, 0.1) is 11.7 Å². The van der Waals surface area contributed by atoms with Gasteiger partial charge in [0.25, 0.3) is 5.91 Å². The lowest BCUT2D eigenvalue weighted by atomic mass is 9.98. The second kappa shape index (κ2) is 9.39. The summed E-state index contributed by atoms with van der Waals surface area (Å²) in [5, 5.41) is 5.87. The zero-order chi connectivity index (χ0) is 21.8. The number of urea groups is 1. The molecule has 0 saturated carbocycles. The van der Waals surface area contributed by atoms with Crippen LogP contribution in [0.25, 0.3) is 0 Å². The van der Waals surface area contributed by atoms with Crippen LogP contribution in [0.2, 0.25) is 0 Å². The van der Waals surface area contributed by atoms with Gasteiger partial charge >= 0.3 is 6.03 Å². The Labute approximate surface area is 183 Å². The van der Waals surface area contributed by atoms with Gasteiger partial charge in [0.2, 0.25) is 0 Å². The molecule has 0 radical (unpaired) electrons. The van der Waals surface area contributed by atoms with Gasteiger partial charge in [-0.25, -0.2) is 4.79 Å². The van der Waals surface area contributed by atoms with E-state index in [2.05, 4.69) is 39.8 Å². The van der Waals surface area contributed by atoms with Gasteiger partial charge < -0.3 is 25.2 Å². The van der Waals surface area contributed by atoms with Crippen LogP contribution in [-0.2, 0) is 17.7 Å². The second-order valence-electron chi connectivity index (χ2n) is 8.34. The molecule has 31 heavy (non-hydrogen) atoms. The van der Waals surface area contributed by atoms with Crippen molar-refractivity contribution >= 4 is 23.3 Å². The van der Waals surface area contributed by atoms with Gasteiger partial charge in [-0.2, -0.15) is 0 Å². The fraction of sp³-hybridized carbons (Fsp3) is 0.417. The normalized spacial score (nSPS) is 17.7. The third-order valence-corrected chi connectivity index (χ3v) is 5.88. The minimum Gasteiger partial charge on any atom is -0.376 e. The second-order valence-corrected chi connectivity index (χ2v) is 8.34. The molecule has 1 atom stereocenters. The first-order chi connectivity index (χ1) is 15.0.